The van der Waals surface area contributed by atoms with Crippen LogP contribution in [0.15, 0.2) is 179 Å². The molecule has 11 aromatic rings. The van der Waals surface area contributed by atoms with Crippen LogP contribution in [0.3, 0.4) is 0 Å². The first kappa shape index (κ1) is 27.2. The Kier molecular flexibility index (Phi) is 5.63. The van der Waals surface area contributed by atoms with E-state index in [0.717, 1.165) is 88.4 Å². The average Bonchev–Trinajstić information content (AvgIpc) is 3.86. The molecule has 234 valence electrons. The number of hydrogen-bond donors (Lipinski definition) is 0. The van der Waals surface area contributed by atoms with E-state index in [9.17, 15) is 0 Å². The van der Waals surface area contributed by atoms with E-state index in [0.29, 0.717) is 0 Å². The summed E-state index contributed by atoms with van der Waals surface area (Å²) in [6, 6.07) is 60.1. The number of benzene rings is 8. The van der Waals surface area contributed by atoms with Gasteiger partial charge in [-0.05, 0) is 72.1 Å². The Balaban J connectivity index is 1.30. The van der Waals surface area contributed by atoms with E-state index in [1.807, 2.05) is 12.1 Å². The van der Waals surface area contributed by atoms with Crippen LogP contribution in [0.2, 0.25) is 0 Å². The van der Waals surface area contributed by atoms with Crippen molar-refractivity contribution in [2.24, 2.45) is 0 Å². The minimum Gasteiger partial charge on any atom is -0.456 e. The molecule has 8 aromatic carbocycles. The molecule has 0 spiro atoms. The Morgan fingerprint density at radius 2 is 1.12 bits per heavy atom. The van der Waals surface area contributed by atoms with Crippen LogP contribution in [0, 0.1) is 0 Å². The van der Waals surface area contributed by atoms with E-state index in [1.165, 1.54) is 10.8 Å². The Hall–Kier alpha value is -6.78. The zero-order chi connectivity index (χ0) is 32.8. The molecule has 3 heterocycles. The van der Waals surface area contributed by atoms with Gasteiger partial charge in [0.05, 0.1) is 27.8 Å². The van der Waals surface area contributed by atoms with Crippen molar-refractivity contribution in [1.29, 1.82) is 0 Å². The topological polar surface area (TPSA) is 34.5 Å². The molecule has 0 aliphatic heterocycles. The summed E-state index contributed by atoms with van der Waals surface area (Å²) in [7, 11) is 0. The quantitative estimate of drug-likeness (QED) is 0.192. The highest BCUT2D eigenvalue weighted by atomic mass is 16.3. The van der Waals surface area contributed by atoms with Gasteiger partial charge in [-0.1, -0.05) is 103 Å². The van der Waals surface area contributed by atoms with Crippen molar-refractivity contribution < 1.29 is 8.83 Å². The summed E-state index contributed by atoms with van der Waals surface area (Å²) in [5, 5.41) is 9.01. The lowest BCUT2D eigenvalue weighted by molar-refractivity contribution is 0.669. The lowest BCUT2D eigenvalue weighted by Gasteiger charge is -2.28. The van der Waals surface area contributed by atoms with Gasteiger partial charge in [-0.25, -0.2) is 0 Å². The summed E-state index contributed by atoms with van der Waals surface area (Å²) < 4.78 is 15.4. The number of anilines is 3. The monoisotopic (exact) mass is 640 g/mol. The average molecular weight is 641 g/mol. The molecule has 0 amide bonds. The second-order valence-electron chi connectivity index (χ2n) is 12.9. The lowest BCUT2D eigenvalue weighted by Crippen LogP contribution is -2.12. The third kappa shape index (κ3) is 3.81. The predicted molar refractivity (Wildman–Crippen MR) is 208 cm³/mol. The van der Waals surface area contributed by atoms with E-state index in [1.54, 1.807) is 0 Å². The van der Waals surface area contributed by atoms with Crippen LogP contribution >= 0.6 is 0 Å². The van der Waals surface area contributed by atoms with Crippen LogP contribution in [-0.2, 0) is 0 Å². The van der Waals surface area contributed by atoms with Crippen molar-refractivity contribution in [2.45, 2.75) is 0 Å². The van der Waals surface area contributed by atoms with Crippen molar-refractivity contribution >= 4 is 93.5 Å². The van der Waals surface area contributed by atoms with Crippen LogP contribution in [-0.4, -0.2) is 4.57 Å². The molecule has 0 aliphatic carbocycles. The van der Waals surface area contributed by atoms with Crippen LogP contribution in [0.25, 0.3) is 82.1 Å². The maximum absolute atomic E-state index is 6.73. The predicted octanol–water partition coefficient (Wildman–Crippen LogP) is 13.2. The zero-order valence-electron chi connectivity index (χ0n) is 26.9. The van der Waals surface area contributed by atoms with Gasteiger partial charge in [0.15, 0.2) is 0 Å². The molecule has 0 saturated carbocycles. The number of rotatable bonds is 4. The number of fused-ring (bicyclic) bond motifs is 11. The molecule has 0 saturated heterocycles. The normalized spacial score (nSPS) is 12.0. The van der Waals surface area contributed by atoms with E-state index >= 15 is 0 Å². The third-order valence-corrected chi connectivity index (χ3v) is 10.2. The van der Waals surface area contributed by atoms with Gasteiger partial charge in [0, 0.05) is 43.7 Å². The second-order valence-corrected chi connectivity index (χ2v) is 12.9. The van der Waals surface area contributed by atoms with Gasteiger partial charge >= 0.3 is 0 Å². The summed E-state index contributed by atoms with van der Waals surface area (Å²) in [5.74, 6) is 0. The van der Waals surface area contributed by atoms with Crippen LogP contribution in [0.1, 0.15) is 0 Å². The molecule has 0 atom stereocenters. The molecule has 4 heteroatoms. The minimum atomic E-state index is 0.851. The van der Waals surface area contributed by atoms with Crippen molar-refractivity contribution in [2.75, 3.05) is 4.90 Å². The van der Waals surface area contributed by atoms with Crippen LogP contribution in [0.4, 0.5) is 17.1 Å². The molecule has 50 heavy (non-hydrogen) atoms. The van der Waals surface area contributed by atoms with Crippen molar-refractivity contribution in [3.63, 3.8) is 0 Å². The fraction of sp³-hybridized carbons (Fsp3) is 0. The summed E-state index contributed by atoms with van der Waals surface area (Å²) in [5.41, 5.74) is 10.0. The molecular formula is C46H28N2O2. The highest BCUT2D eigenvalue weighted by Crippen LogP contribution is 2.48. The zero-order valence-corrected chi connectivity index (χ0v) is 26.9. The van der Waals surface area contributed by atoms with Gasteiger partial charge in [0.1, 0.15) is 22.3 Å². The number of furan rings is 2. The highest BCUT2D eigenvalue weighted by Gasteiger charge is 2.25. The number of nitrogens with zero attached hydrogens (tertiary/aromatic N) is 2. The highest BCUT2D eigenvalue weighted by molar-refractivity contribution is 6.21. The fourth-order valence-electron chi connectivity index (χ4n) is 8.01. The summed E-state index contributed by atoms with van der Waals surface area (Å²) in [4.78, 5) is 2.41. The van der Waals surface area contributed by atoms with Gasteiger partial charge in [-0.3, -0.25) is 0 Å². The summed E-state index contributed by atoms with van der Waals surface area (Å²) >= 11 is 0. The summed E-state index contributed by atoms with van der Waals surface area (Å²) in [6.07, 6.45) is 0. The Bertz CT molecular complexity index is 3110. The van der Waals surface area contributed by atoms with Gasteiger partial charge in [0.25, 0.3) is 0 Å². The molecular weight excluding hydrogens is 613 g/mol. The van der Waals surface area contributed by atoms with Crippen LogP contribution < -0.4 is 4.90 Å². The number of para-hydroxylation sites is 4. The molecule has 0 bridgehead atoms. The standard InChI is InChI=1S/C46H28N2O2/c1-2-13-30(14-3-1)48-38-19-8-6-16-33(38)35-18-10-21-40(45(35)48)47(31-25-27-42-37(28-31)34-17-7-9-22-41(34)49-42)39-20-11-23-43-44(39)36-26-24-29-12-4-5-15-32(29)46(36)50-43/h1-28H. The van der Waals surface area contributed by atoms with Gasteiger partial charge in [-0.15, -0.1) is 0 Å². The molecule has 0 fully saturated rings. The first-order valence-corrected chi connectivity index (χ1v) is 16.9. The Morgan fingerprint density at radius 1 is 0.420 bits per heavy atom. The molecule has 11 rings (SSSR count). The smallest absolute Gasteiger partial charge is 0.143 e. The second kappa shape index (κ2) is 10.4. The molecule has 3 aromatic heterocycles. The molecule has 4 nitrogen and oxygen atoms in total. The summed E-state index contributed by atoms with van der Waals surface area (Å²) in [6.45, 7) is 0. The van der Waals surface area contributed by atoms with Gasteiger partial charge < -0.3 is 18.3 Å². The van der Waals surface area contributed by atoms with Gasteiger partial charge in [-0.2, -0.15) is 0 Å². The molecule has 0 radical (unpaired) electrons. The van der Waals surface area contributed by atoms with Gasteiger partial charge in [0.2, 0.25) is 0 Å². The number of hydrogen-bond acceptors (Lipinski definition) is 3. The molecule has 0 N–H and O–H groups in total. The Labute approximate surface area is 286 Å². The first-order chi connectivity index (χ1) is 24.8. The third-order valence-electron chi connectivity index (χ3n) is 10.2. The largest absolute Gasteiger partial charge is 0.456 e. The number of aromatic nitrogens is 1. The lowest BCUT2D eigenvalue weighted by atomic mass is 10.0. The Morgan fingerprint density at radius 3 is 2.04 bits per heavy atom. The van der Waals surface area contributed by atoms with E-state index in [2.05, 4.69) is 167 Å². The molecule has 0 aliphatic rings. The SMILES string of the molecule is c1ccc(-n2c3ccccc3c3cccc(N(c4ccc5oc6ccccc6c5c4)c4cccc5oc6c7ccccc7ccc6c45)c32)cc1. The minimum absolute atomic E-state index is 0.851. The van der Waals surface area contributed by atoms with E-state index in [4.69, 9.17) is 8.83 Å². The van der Waals surface area contributed by atoms with Crippen molar-refractivity contribution in [3.8, 4) is 5.69 Å². The maximum atomic E-state index is 6.73. The van der Waals surface area contributed by atoms with E-state index < -0.39 is 0 Å². The molecule has 0 unspecified atom stereocenters. The van der Waals surface area contributed by atoms with Crippen LogP contribution in [0.5, 0.6) is 0 Å². The van der Waals surface area contributed by atoms with Crippen molar-refractivity contribution in [3.05, 3.63) is 170 Å². The fourth-order valence-corrected chi connectivity index (χ4v) is 8.01. The first-order valence-electron chi connectivity index (χ1n) is 16.9. The van der Waals surface area contributed by atoms with E-state index in [-0.39, 0.29) is 0 Å². The maximum Gasteiger partial charge on any atom is 0.143 e. The van der Waals surface area contributed by atoms with Crippen molar-refractivity contribution in [1.82, 2.24) is 4.57 Å².